The second-order valence-corrected chi connectivity index (χ2v) is 4.36. The van der Waals surface area contributed by atoms with Gasteiger partial charge in [-0.1, -0.05) is 25.0 Å². The molecule has 1 aromatic heterocycles. The summed E-state index contributed by atoms with van der Waals surface area (Å²) in [5, 5.41) is 11.3. The lowest BCUT2D eigenvalue weighted by atomic mass is 9.87. The third kappa shape index (κ3) is 2.05. The Morgan fingerprint density at radius 1 is 1.50 bits per heavy atom. The summed E-state index contributed by atoms with van der Waals surface area (Å²) < 4.78 is 1.79. The van der Waals surface area contributed by atoms with Gasteiger partial charge in [0.15, 0.2) is 0 Å². The van der Waals surface area contributed by atoms with Crippen molar-refractivity contribution < 1.29 is 0 Å². The second kappa shape index (κ2) is 3.98. The van der Waals surface area contributed by atoms with Gasteiger partial charge >= 0.3 is 0 Å². The number of rotatable bonds is 2. The largest absolute Gasteiger partial charge is 0.366 e. The number of anilines is 1. The van der Waals surface area contributed by atoms with Gasteiger partial charge in [-0.3, -0.25) is 0 Å². The van der Waals surface area contributed by atoms with Crippen molar-refractivity contribution in [2.24, 2.45) is 13.0 Å². The van der Waals surface area contributed by atoms with Crippen molar-refractivity contribution in [2.75, 3.05) is 5.32 Å². The minimum atomic E-state index is 0.607. The van der Waals surface area contributed by atoms with Crippen LogP contribution in [0.15, 0.2) is 6.20 Å². The SMILES string of the molecule is CC1CCCC(Nc2cnnn2C)C1. The molecule has 1 aromatic rings. The average molecular weight is 194 g/mol. The van der Waals surface area contributed by atoms with Crippen LogP contribution in [0.2, 0.25) is 0 Å². The number of nitrogens with zero attached hydrogens (tertiary/aromatic N) is 3. The van der Waals surface area contributed by atoms with E-state index < -0.39 is 0 Å². The van der Waals surface area contributed by atoms with Crippen LogP contribution >= 0.6 is 0 Å². The fourth-order valence-corrected chi connectivity index (χ4v) is 2.19. The first-order valence-corrected chi connectivity index (χ1v) is 5.37. The highest BCUT2D eigenvalue weighted by Gasteiger charge is 2.19. The first kappa shape index (κ1) is 9.49. The molecule has 4 nitrogen and oxygen atoms in total. The van der Waals surface area contributed by atoms with Crippen molar-refractivity contribution in [3.8, 4) is 0 Å². The highest BCUT2D eigenvalue weighted by Crippen LogP contribution is 2.25. The summed E-state index contributed by atoms with van der Waals surface area (Å²) in [5.74, 6) is 1.88. The lowest BCUT2D eigenvalue weighted by Crippen LogP contribution is -2.27. The summed E-state index contributed by atoms with van der Waals surface area (Å²) in [5.41, 5.74) is 0. The van der Waals surface area contributed by atoms with Crippen LogP contribution in [0, 0.1) is 5.92 Å². The molecule has 0 radical (unpaired) electrons. The first-order valence-electron chi connectivity index (χ1n) is 5.37. The summed E-state index contributed by atoms with van der Waals surface area (Å²) >= 11 is 0. The van der Waals surface area contributed by atoms with Gasteiger partial charge in [-0.05, 0) is 18.8 Å². The zero-order chi connectivity index (χ0) is 9.97. The summed E-state index contributed by atoms with van der Waals surface area (Å²) in [6.07, 6.45) is 7.05. The Morgan fingerprint density at radius 3 is 3.00 bits per heavy atom. The zero-order valence-corrected chi connectivity index (χ0v) is 8.90. The van der Waals surface area contributed by atoms with Gasteiger partial charge in [-0.2, -0.15) is 0 Å². The fourth-order valence-electron chi connectivity index (χ4n) is 2.19. The molecule has 1 fully saturated rings. The predicted molar refractivity (Wildman–Crippen MR) is 56.0 cm³/mol. The van der Waals surface area contributed by atoms with Crippen molar-refractivity contribution in [1.82, 2.24) is 15.0 Å². The highest BCUT2D eigenvalue weighted by atomic mass is 15.4. The molecule has 0 saturated heterocycles. The van der Waals surface area contributed by atoms with Crippen LogP contribution in [0.1, 0.15) is 32.6 Å². The van der Waals surface area contributed by atoms with Gasteiger partial charge in [0.2, 0.25) is 0 Å². The van der Waals surface area contributed by atoms with Gasteiger partial charge < -0.3 is 5.32 Å². The number of aryl methyl sites for hydroxylation is 1. The monoisotopic (exact) mass is 194 g/mol. The molecule has 2 atom stereocenters. The van der Waals surface area contributed by atoms with Crippen LogP contribution in [0.25, 0.3) is 0 Å². The summed E-state index contributed by atoms with van der Waals surface area (Å²) in [7, 11) is 1.92. The Labute approximate surface area is 84.7 Å². The van der Waals surface area contributed by atoms with Crippen molar-refractivity contribution in [3.05, 3.63) is 6.20 Å². The van der Waals surface area contributed by atoms with Gasteiger partial charge in [0, 0.05) is 13.1 Å². The molecular formula is C10H18N4. The van der Waals surface area contributed by atoms with E-state index in [4.69, 9.17) is 0 Å². The average Bonchev–Trinajstić information content (AvgIpc) is 2.52. The summed E-state index contributed by atoms with van der Waals surface area (Å²) in [6, 6.07) is 0.607. The summed E-state index contributed by atoms with van der Waals surface area (Å²) in [4.78, 5) is 0. The zero-order valence-electron chi connectivity index (χ0n) is 8.90. The normalized spacial score (nSPS) is 27.6. The Balaban J connectivity index is 1.94. The number of nitrogens with one attached hydrogen (secondary N) is 1. The maximum atomic E-state index is 3.91. The lowest BCUT2D eigenvalue weighted by Gasteiger charge is -2.27. The van der Waals surface area contributed by atoms with E-state index >= 15 is 0 Å². The van der Waals surface area contributed by atoms with E-state index in [1.165, 1.54) is 25.7 Å². The van der Waals surface area contributed by atoms with E-state index in [0.717, 1.165) is 11.7 Å². The van der Waals surface area contributed by atoms with Gasteiger partial charge in [-0.15, -0.1) is 5.10 Å². The molecule has 14 heavy (non-hydrogen) atoms. The Kier molecular flexibility index (Phi) is 2.70. The minimum absolute atomic E-state index is 0.607. The molecule has 1 aliphatic rings. The topological polar surface area (TPSA) is 42.7 Å². The van der Waals surface area contributed by atoms with Crippen LogP contribution in [-0.2, 0) is 7.05 Å². The predicted octanol–water partition coefficient (Wildman–Crippen LogP) is 1.81. The van der Waals surface area contributed by atoms with Crippen LogP contribution in [0.4, 0.5) is 5.82 Å². The van der Waals surface area contributed by atoms with Gasteiger partial charge in [-0.25, -0.2) is 4.68 Å². The number of hydrogen-bond acceptors (Lipinski definition) is 3. The molecule has 0 spiro atoms. The quantitative estimate of drug-likeness (QED) is 0.780. The first-order chi connectivity index (χ1) is 6.75. The minimum Gasteiger partial charge on any atom is -0.366 e. The molecule has 1 N–H and O–H groups in total. The Hall–Kier alpha value is -1.06. The van der Waals surface area contributed by atoms with Crippen LogP contribution in [-0.4, -0.2) is 21.0 Å². The van der Waals surface area contributed by atoms with Crippen LogP contribution in [0.5, 0.6) is 0 Å². The van der Waals surface area contributed by atoms with E-state index in [-0.39, 0.29) is 0 Å². The van der Waals surface area contributed by atoms with E-state index in [1.807, 2.05) is 7.05 Å². The van der Waals surface area contributed by atoms with Crippen LogP contribution < -0.4 is 5.32 Å². The van der Waals surface area contributed by atoms with Crippen molar-refractivity contribution in [1.29, 1.82) is 0 Å². The Bertz CT molecular complexity index is 294. The van der Waals surface area contributed by atoms with Crippen molar-refractivity contribution in [2.45, 2.75) is 38.6 Å². The maximum Gasteiger partial charge on any atom is 0.144 e. The maximum absolute atomic E-state index is 3.91. The van der Waals surface area contributed by atoms with Gasteiger partial charge in [0.05, 0.1) is 6.20 Å². The van der Waals surface area contributed by atoms with Crippen molar-refractivity contribution >= 4 is 5.82 Å². The van der Waals surface area contributed by atoms with Crippen LogP contribution in [0.3, 0.4) is 0 Å². The number of aromatic nitrogens is 3. The van der Waals surface area contributed by atoms with E-state index in [9.17, 15) is 0 Å². The van der Waals surface area contributed by atoms with Gasteiger partial charge in [0.25, 0.3) is 0 Å². The standard InChI is InChI=1S/C10H18N4/c1-8-4-3-5-9(6-8)12-10-7-11-13-14(10)2/h7-9,12H,3-6H2,1-2H3. The molecule has 4 heteroatoms. The molecule has 78 valence electrons. The molecule has 2 unspecified atom stereocenters. The third-order valence-electron chi connectivity index (χ3n) is 3.00. The van der Waals surface area contributed by atoms with E-state index in [0.29, 0.717) is 6.04 Å². The molecule has 1 aliphatic carbocycles. The lowest BCUT2D eigenvalue weighted by molar-refractivity contribution is 0.357. The number of hydrogen-bond donors (Lipinski definition) is 1. The smallest absolute Gasteiger partial charge is 0.144 e. The fraction of sp³-hybridized carbons (Fsp3) is 0.800. The summed E-state index contributed by atoms with van der Waals surface area (Å²) in [6.45, 7) is 2.33. The van der Waals surface area contributed by atoms with E-state index in [2.05, 4.69) is 22.6 Å². The molecule has 0 amide bonds. The third-order valence-corrected chi connectivity index (χ3v) is 3.00. The second-order valence-electron chi connectivity index (χ2n) is 4.36. The molecule has 0 aliphatic heterocycles. The molecule has 0 aromatic carbocycles. The Morgan fingerprint density at radius 2 is 2.36 bits per heavy atom. The van der Waals surface area contributed by atoms with Crippen molar-refractivity contribution in [3.63, 3.8) is 0 Å². The molecule has 1 saturated carbocycles. The molecule has 2 rings (SSSR count). The molecule has 0 bridgehead atoms. The highest BCUT2D eigenvalue weighted by molar-refractivity contribution is 5.32. The van der Waals surface area contributed by atoms with E-state index in [1.54, 1.807) is 10.9 Å². The molecule has 1 heterocycles. The van der Waals surface area contributed by atoms with Gasteiger partial charge in [0.1, 0.15) is 5.82 Å². The molecular weight excluding hydrogens is 176 g/mol.